The van der Waals surface area contributed by atoms with Gasteiger partial charge >= 0.3 is 5.69 Å². The van der Waals surface area contributed by atoms with Crippen molar-refractivity contribution >= 4 is 22.5 Å². The van der Waals surface area contributed by atoms with E-state index in [1.54, 1.807) is 48.5 Å². The van der Waals surface area contributed by atoms with Crippen LogP contribution >= 0.6 is 11.6 Å². The summed E-state index contributed by atoms with van der Waals surface area (Å²) in [5.74, 6) is -0.365. The third-order valence-corrected chi connectivity index (χ3v) is 5.15. The lowest BCUT2D eigenvalue weighted by Gasteiger charge is -2.14. The number of rotatable bonds is 5. The molecule has 0 unspecified atom stereocenters. The summed E-state index contributed by atoms with van der Waals surface area (Å²) in [6, 6.07) is 20.4. The van der Waals surface area contributed by atoms with Gasteiger partial charge < -0.3 is 0 Å². The zero-order chi connectivity index (χ0) is 20.4. The molecule has 146 valence electrons. The van der Waals surface area contributed by atoms with Crippen LogP contribution < -0.4 is 11.2 Å². The molecule has 6 heteroatoms. The molecule has 0 N–H and O–H groups in total. The predicted octanol–water partition coefficient (Wildman–Crippen LogP) is 4.25. The molecule has 0 fully saturated rings. The van der Waals surface area contributed by atoms with Gasteiger partial charge in [-0.1, -0.05) is 48.0 Å². The fraction of sp³-hybridized carbons (Fsp3) is 0.130. The van der Waals surface area contributed by atoms with Crippen molar-refractivity contribution in [3.63, 3.8) is 0 Å². The van der Waals surface area contributed by atoms with Crippen LogP contribution in [0.25, 0.3) is 10.9 Å². The summed E-state index contributed by atoms with van der Waals surface area (Å²) in [4.78, 5) is 26.1. The molecule has 1 aromatic heterocycles. The van der Waals surface area contributed by atoms with E-state index >= 15 is 0 Å². The molecule has 0 atom stereocenters. The average molecular weight is 409 g/mol. The van der Waals surface area contributed by atoms with Crippen molar-refractivity contribution in [3.05, 3.63) is 116 Å². The Morgan fingerprint density at radius 3 is 2.34 bits per heavy atom. The summed E-state index contributed by atoms with van der Waals surface area (Å²) < 4.78 is 16.4. The number of halogens is 2. The van der Waals surface area contributed by atoms with Gasteiger partial charge in [0.05, 0.1) is 17.4 Å². The Morgan fingerprint density at radius 2 is 1.59 bits per heavy atom. The van der Waals surface area contributed by atoms with Crippen LogP contribution in [-0.4, -0.2) is 9.13 Å². The summed E-state index contributed by atoms with van der Waals surface area (Å²) in [7, 11) is 0. The van der Waals surface area contributed by atoms with Crippen molar-refractivity contribution in [2.75, 3.05) is 0 Å². The molecule has 0 bridgehead atoms. The van der Waals surface area contributed by atoms with Crippen molar-refractivity contribution in [2.24, 2.45) is 0 Å². The monoisotopic (exact) mass is 408 g/mol. The highest BCUT2D eigenvalue weighted by molar-refractivity contribution is 6.30. The molecule has 4 aromatic rings. The summed E-state index contributed by atoms with van der Waals surface area (Å²) in [6.07, 6.45) is 0.518. The topological polar surface area (TPSA) is 44.0 Å². The van der Waals surface area contributed by atoms with Gasteiger partial charge in [0.25, 0.3) is 5.56 Å². The van der Waals surface area contributed by atoms with Gasteiger partial charge in [0.2, 0.25) is 0 Å². The molecule has 1 heterocycles. The predicted molar refractivity (Wildman–Crippen MR) is 113 cm³/mol. The smallest absolute Gasteiger partial charge is 0.289 e. The lowest BCUT2D eigenvalue weighted by atomic mass is 10.1. The van der Waals surface area contributed by atoms with Crippen molar-refractivity contribution in [3.8, 4) is 0 Å². The average Bonchev–Trinajstić information content (AvgIpc) is 2.72. The standard InChI is InChI=1S/C23H18ClFN2O2/c24-18-10-8-16(9-11-18)12-13-26-22(28)20-6-1-2-7-21(20)27(23(26)29)15-17-4-3-5-19(25)14-17/h1-11,14H,12-13,15H2. The first-order chi connectivity index (χ1) is 14.0. The van der Waals surface area contributed by atoms with Crippen molar-refractivity contribution in [1.82, 2.24) is 9.13 Å². The molecule has 0 saturated heterocycles. The third kappa shape index (κ3) is 4.00. The molecule has 29 heavy (non-hydrogen) atoms. The molecule has 0 saturated carbocycles. The van der Waals surface area contributed by atoms with E-state index in [0.29, 0.717) is 27.9 Å². The maximum Gasteiger partial charge on any atom is 0.331 e. The van der Waals surface area contributed by atoms with Gasteiger partial charge in [0.15, 0.2) is 0 Å². The Labute approximate surface area is 171 Å². The number of para-hydroxylation sites is 1. The number of hydrogen-bond donors (Lipinski definition) is 0. The first kappa shape index (κ1) is 19.2. The van der Waals surface area contributed by atoms with Crippen LogP contribution in [0.4, 0.5) is 4.39 Å². The number of nitrogens with zero attached hydrogens (tertiary/aromatic N) is 2. The Morgan fingerprint density at radius 1 is 0.828 bits per heavy atom. The molecule has 0 aliphatic heterocycles. The molecule has 0 aliphatic rings. The van der Waals surface area contributed by atoms with Crippen molar-refractivity contribution < 1.29 is 4.39 Å². The molecular formula is C23H18ClFN2O2. The van der Waals surface area contributed by atoms with Crippen LogP contribution in [0.5, 0.6) is 0 Å². The molecule has 3 aromatic carbocycles. The molecule has 4 rings (SSSR count). The zero-order valence-electron chi connectivity index (χ0n) is 15.5. The van der Waals surface area contributed by atoms with E-state index in [1.165, 1.54) is 21.3 Å². The van der Waals surface area contributed by atoms with Crippen LogP contribution in [0.3, 0.4) is 0 Å². The van der Waals surface area contributed by atoms with E-state index in [-0.39, 0.29) is 24.5 Å². The van der Waals surface area contributed by atoms with E-state index < -0.39 is 5.69 Å². The van der Waals surface area contributed by atoms with E-state index in [9.17, 15) is 14.0 Å². The fourth-order valence-corrected chi connectivity index (χ4v) is 3.56. The Balaban J connectivity index is 1.79. The highest BCUT2D eigenvalue weighted by atomic mass is 35.5. The highest BCUT2D eigenvalue weighted by Gasteiger charge is 2.13. The van der Waals surface area contributed by atoms with Crippen LogP contribution in [0, 0.1) is 5.82 Å². The van der Waals surface area contributed by atoms with E-state index in [4.69, 9.17) is 11.6 Å². The Hall–Kier alpha value is -3.18. The summed E-state index contributed by atoms with van der Waals surface area (Å²) in [5.41, 5.74) is 1.43. The third-order valence-electron chi connectivity index (χ3n) is 4.90. The van der Waals surface area contributed by atoms with Gasteiger partial charge in [0, 0.05) is 11.6 Å². The van der Waals surface area contributed by atoms with Crippen molar-refractivity contribution in [1.29, 1.82) is 0 Å². The van der Waals surface area contributed by atoms with Gasteiger partial charge in [-0.15, -0.1) is 0 Å². The number of aromatic nitrogens is 2. The van der Waals surface area contributed by atoms with Gasteiger partial charge in [-0.3, -0.25) is 13.9 Å². The number of hydrogen-bond acceptors (Lipinski definition) is 2. The van der Waals surface area contributed by atoms with Crippen LogP contribution in [0.2, 0.25) is 5.02 Å². The maximum atomic E-state index is 13.6. The Bertz CT molecular complexity index is 1290. The molecular weight excluding hydrogens is 391 g/mol. The minimum Gasteiger partial charge on any atom is -0.289 e. The minimum atomic E-state index is -0.410. The van der Waals surface area contributed by atoms with Gasteiger partial charge in [0.1, 0.15) is 5.82 Å². The first-order valence-corrected chi connectivity index (χ1v) is 9.62. The molecule has 0 radical (unpaired) electrons. The number of benzene rings is 3. The van der Waals surface area contributed by atoms with Crippen LogP contribution in [0.1, 0.15) is 11.1 Å². The summed E-state index contributed by atoms with van der Waals surface area (Å²) in [5, 5.41) is 1.09. The number of aryl methyl sites for hydroxylation is 1. The summed E-state index contributed by atoms with van der Waals surface area (Å²) in [6.45, 7) is 0.422. The van der Waals surface area contributed by atoms with Gasteiger partial charge in [-0.05, 0) is 53.9 Å². The second-order valence-electron chi connectivity index (χ2n) is 6.85. The molecule has 0 spiro atoms. The lowest BCUT2D eigenvalue weighted by molar-refractivity contribution is 0.586. The second kappa shape index (κ2) is 8.05. The highest BCUT2D eigenvalue weighted by Crippen LogP contribution is 2.13. The first-order valence-electron chi connectivity index (χ1n) is 9.24. The fourth-order valence-electron chi connectivity index (χ4n) is 3.43. The van der Waals surface area contributed by atoms with Crippen LogP contribution in [-0.2, 0) is 19.5 Å². The van der Waals surface area contributed by atoms with Crippen molar-refractivity contribution in [2.45, 2.75) is 19.5 Å². The lowest BCUT2D eigenvalue weighted by Crippen LogP contribution is -2.40. The summed E-state index contributed by atoms with van der Waals surface area (Å²) >= 11 is 5.92. The molecule has 0 aliphatic carbocycles. The van der Waals surface area contributed by atoms with E-state index in [1.807, 2.05) is 12.1 Å². The molecule has 4 nitrogen and oxygen atoms in total. The largest absolute Gasteiger partial charge is 0.331 e. The van der Waals surface area contributed by atoms with E-state index in [0.717, 1.165) is 5.56 Å². The van der Waals surface area contributed by atoms with E-state index in [2.05, 4.69) is 0 Å². The van der Waals surface area contributed by atoms with Gasteiger partial charge in [-0.2, -0.15) is 0 Å². The van der Waals surface area contributed by atoms with Crippen LogP contribution in [0.15, 0.2) is 82.4 Å². The second-order valence-corrected chi connectivity index (χ2v) is 7.29. The molecule has 0 amide bonds. The normalized spacial score (nSPS) is 11.1. The van der Waals surface area contributed by atoms with Gasteiger partial charge in [-0.25, -0.2) is 9.18 Å². The SMILES string of the molecule is O=c1c2ccccc2n(Cc2cccc(F)c2)c(=O)n1CCc1ccc(Cl)cc1. The minimum absolute atomic E-state index is 0.179. The number of fused-ring (bicyclic) bond motifs is 1. The Kier molecular flexibility index (Phi) is 5.32. The zero-order valence-corrected chi connectivity index (χ0v) is 16.3. The maximum absolute atomic E-state index is 13.6. The quantitative estimate of drug-likeness (QED) is 0.495.